The smallest absolute Gasteiger partial charge is 0.416 e. The average molecular weight is 466 g/mol. The van der Waals surface area contributed by atoms with Crippen LogP contribution in [-0.2, 0) is 11.0 Å². The second kappa shape index (κ2) is 8.12. The lowest BCUT2D eigenvalue weighted by Gasteiger charge is -2.41. The molecular formula is C22H19ClF3N3O3. The Bertz CT molecular complexity index is 1120. The molecule has 0 N–H and O–H groups in total. The summed E-state index contributed by atoms with van der Waals surface area (Å²) in [5.41, 5.74) is -1.68. The molecule has 0 unspecified atom stereocenters. The highest BCUT2D eigenvalue weighted by Gasteiger charge is 2.42. The number of aromatic nitrogens is 2. The van der Waals surface area contributed by atoms with Gasteiger partial charge in [-0.1, -0.05) is 28.9 Å². The van der Waals surface area contributed by atoms with Crippen LogP contribution in [0.15, 0.2) is 53.1 Å². The van der Waals surface area contributed by atoms with E-state index in [1.165, 1.54) is 12.1 Å². The van der Waals surface area contributed by atoms with Gasteiger partial charge in [-0.25, -0.2) is 0 Å². The number of likely N-dealkylation sites (tertiary alicyclic amines) is 1. The Labute approximate surface area is 186 Å². The van der Waals surface area contributed by atoms with Crippen molar-refractivity contribution >= 4 is 17.5 Å². The summed E-state index contributed by atoms with van der Waals surface area (Å²) in [6.45, 7) is 4.04. The molecule has 1 fully saturated rings. The SMILES string of the molecule is CC(C)(Oc1ccc(Cl)cc1)C(=O)N1CC(c2nc(-c3cccc(C(F)(F)F)c3)no2)C1. The maximum absolute atomic E-state index is 12.9. The number of benzene rings is 2. The van der Waals surface area contributed by atoms with Crippen molar-refractivity contribution in [2.75, 3.05) is 13.1 Å². The summed E-state index contributed by atoms with van der Waals surface area (Å²) >= 11 is 5.87. The number of alkyl halides is 3. The summed E-state index contributed by atoms with van der Waals surface area (Å²) in [7, 11) is 0. The zero-order valence-corrected chi connectivity index (χ0v) is 17.9. The molecule has 0 spiro atoms. The minimum atomic E-state index is -4.46. The maximum Gasteiger partial charge on any atom is 0.416 e. The molecule has 1 aliphatic rings. The minimum Gasteiger partial charge on any atom is -0.478 e. The van der Waals surface area contributed by atoms with Gasteiger partial charge in [0.25, 0.3) is 5.91 Å². The summed E-state index contributed by atoms with van der Waals surface area (Å²) in [6.07, 6.45) is -4.46. The van der Waals surface area contributed by atoms with Crippen LogP contribution in [-0.4, -0.2) is 39.6 Å². The molecule has 1 saturated heterocycles. The van der Waals surface area contributed by atoms with E-state index in [1.807, 2.05) is 0 Å². The molecule has 0 radical (unpaired) electrons. The predicted molar refractivity (Wildman–Crippen MR) is 110 cm³/mol. The lowest BCUT2D eigenvalue weighted by Crippen LogP contribution is -2.57. The number of carbonyl (C=O) groups excluding carboxylic acids is 1. The van der Waals surface area contributed by atoms with Crippen LogP contribution in [0.25, 0.3) is 11.4 Å². The third kappa shape index (κ3) is 4.57. The number of carbonyl (C=O) groups is 1. The fourth-order valence-electron chi connectivity index (χ4n) is 3.38. The number of hydrogen-bond acceptors (Lipinski definition) is 5. The standard InChI is InChI=1S/C22H19ClF3N3O3/c1-21(2,31-17-8-6-16(23)7-9-17)20(30)29-11-14(12-29)19-27-18(28-32-19)13-4-3-5-15(10-13)22(24,25)26/h3-10,14H,11-12H2,1-2H3. The number of rotatable bonds is 5. The molecule has 2 aromatic carbocycles. The van der Waals surface area contributed by atoms with Crippen LogP contribution in [0.3, 0.4) is 0 Å². The highest BCUT2D eigenvalue weighted by molar-refractivity contribution is 6.30. The van der Waals surface area contributed by atoms with Gasteiger partial charge < -0.3 is 14.2 Å². The molecule has 1 aromatic heterocycles. The summed E-state index contributed by atoms with van der Waals surface area (Å²) < 4.78 is 49.9. The maximum atomic E-state index is 12.9. The Hall–Kier alpha value is -3.07. The number of hydrogen-bond donors (Lipinski definition) is 0. The first-order valence-electron chi connectivity index (χ1n) is 9.78. The molecule has 0 saturated carbocycles. The van der Waals surface area contributed by atoms with E-state index < -0.39 is 17.3 Å². The van der Waals surface area contributed by atoms with Crippen molar-refractivity contribution in [1.82, 2.24) is 15.0 Å². The third-order valence-electron chi connectivity index (χ3n) is 5.11. The van der Waals surface area contributed by atoms with Gasteiger partial charge in [0.2, 0.25) is 11.7 Å². The van der Waals surface area contributed by atoms with Crippen LogP contribution in [0.4, 0.5) is 13.2 Å². The zero-order valence-electron chi connectivity index (χ0n) is 17.2. The number of halogens is 4. The van der Waals surface area contributed by atoms with E-state index in [9.17, 15) is 18.0 Å². The number of nitrogens with zero attached hydrogens (tertiary/aromatic N) is 3. The van der Waals surface area contributed by atoms with E-state index >= 15 is 0 Å². The first kappa shape index (κ1) is 22.1. The quantitative estimate of drug-likeness (QED) is 0.518. The molecule has 168 valence electrons. The molecule has 3 aromatic rings. The zero-order chi connectivity index (χ0) is 23.1. The Kier molecular flexibility index (Phi) is 5.62. The van der Waals surface area contributed by atoms with Crippen molar-refractivity contribution in [3.8, 4) is 17.1 Å². The topological polar surface area (TPSA) is 68.5 Å². The Morgan fingerprint density at radius 3 is 2.50 bits per heavy atom. The van der Waals surface area contributed by atoms with Crippen LogP contribution in [0.2, 0.25) is 5.02 Å². The van der Waals surface area contributed by atoms with Crippen LogP contribution in [0.1, 0.15) is 31.2 Å². The molecule has 10 heteroatoms. The molecule has 0 atom stereocenters. The van der Waals surface area contributed by atoms with Gasteiger partial charge in [-0.15, -0.1) is 0 Å². The van der Waals surface area contributed by atoms with Crippen molar-refractivity contribution in [1.29, 1.82) is 0 Å². The number of ether oxygens (including phenoxy) is 1. The summed E-state index contributed by atoms with van der Waals surface area (Å²) in [5.74, 6) is 0.464. The monoisotopic (exact) mass is 465 g/mol. The molecule has 6 nitrogen and oxygen atoms in total. The molecule has 4 rings (SSSR count). The molecule has 1 aliphatic heterocycles. The first-order chi connectivity index (χ1) is 15.0. The summed E-state index contributed by atoms with van der Waals surface area (Å²) in [6, 6.07) is 11.4. The molecular weight excluding hydrogens is 447 g/mol. The van der Waals surface area contributed by atoms with Gasteiger partial charge in [-0.3, -0.25) is 4.79 Å². The van der Waals surface area contributed by atoms with Crippen LogP contribution < -0.4 is 4.74 Å². The second-order valence-electron chi connectivity index (χ2n) is 8.01. The van der Waals surface area contributed by atoms with Crippen molar-refractivity contribution in [3.63, 3.8) is 0 Å². The highest BCUT2D eigenvalue weighted by Crippen LogP contribution is 2.33. The van der Waals surface area contributed by atoms with E-state index in [4.69, 9.17) is 20.9 Å². The van der Waals surface area contributed by atoms with Crippen molar-refractivity contribution < 1.29 is 27.2 Å². The van der Waals surface area contributed by atoms with E-state index in [0.29, 0.717) is 23.9 Å². The second-order valence-corrected chi connectivity index (χ2v) is 8.44. The van der Waals surface area contributed by atoms with Crippen LogP contribution in [0.5, 0.6) is 5.75 Å². The Morgan fingerprint density at radius 2 is 1.84 bits per heavy atom. The van der Waals surface area contributed by atoms with Gasteiger partial charge in [0.05, 0.1) is 11.5 Å². The highest BCUT2D eigenvalue weighted by atomic mass is 35.5. The average Bonchev–Trinajstić information content (AvgIpc) is 3.17. The fourth-order valence-corrected chi connectivity index (χ4v) is 3.50. The van der Waals surface area contributed by atoms with Crippen molar-refractivity contribution in [3.05, 3.63) is 65.0 Å². The largest absolute Gasteiger partial charge is 0.478 e. The van der Waals surface area contributed by atoms with Crippen LogP contribution >= 0.6 is 11.6 Å². The normalized spacial score (nSPS) is 14.9. The van der Waals surface area contributed by atoms with Crippen molar-refractivity contribution in [2.24, 2.45) is 0 Å². The fraction of sp³-hybridized carbons (Fsp3) is 0.318. The van der Waals surface area contributed by atoms with E-state index in [1.54, 1.807) is 43.0 Å². The molecule has 1 amide bonds. The first-order valence-corrected chi connectivity index (χ1v) is 10.2. The molecule has 0 aliphatic carbocycles. The molecule has 0 bridgehead atoms. The molecule has 2 heterocycles. The number of amides is 1. The van der Waals surface area contributed by atoms with Gasteiger partial charge in [0, 0.05) is 23.7 Å². The van der Waals surface area contributed by atoms with Gasteiger partial charge in [0.1, 0.15) is 5.75 Å². The van der Waals surface area contributed by atoms with Gasteiger partial charge in [-0.2, -0.15) is 18.2 Å². The summed E-state index contributed by atoms with van der Waals surface area (Å²) in [4.78, 5) is 18.7. The summed E-state index contributed by atoms with van der Waals surface area (Å²) in [5, 5.41) is 4.37. The van der Waals surface area contributed by atoms with Gasteiger partial charge in [0.15, 0.2) is 5.60 Å². The van der Waals surface area contributed by atoms with E-state index in [0.717, 1.165) is 12.1 Å². The Morgan fingerprint density at radius 1 is 1.16 bits per heavy atom. The lowest BCUT2D eigenvalue weighted by molar-refractivity contribution is -0.150. The minimum absolute atomic E-state index is 0.0716. The van der Waals surface area contributed by atoms with E-state index in [-0.39, 0.29) is 29.1 Å². The van der Waals surface area contributed by atoms with E-state index in [2.05, 4.69) is 10.1 Å². The molecule has 32 heavy (non-hydrogen) atoms. The Balaban J connectivity index is 1.39. The van der Waals surface area contributed by atoms with Gasteiger partial charge >= 0.3 is 6.18 Å². The van der Waals surface area contributed by atoms with Gasteiger partial charge in [-0.05, 0) is 50.2 Å². The third-order valence-corrected chi connectivity index (χ3v) is 5.36. The lowest BCUT2D eigenvalue weighted by atomic mass is 9.96. The van der Waals surface area contributed by atoms with Crippen molar-refractivity contribution in [2.45, 2.75) is 31.5 Å². The predicted octanol–water partition coefficient (Wildman–Crippen LogP) is 5.19. The van der Waals surface area contributed by atoms with Crippen LogP contribution in [0, 0.1) is 0 Å².